The number of nitrogens with zero attached hydrogens (tertiary/aromatic N) is 2. The van der Waals surface area contributed by atoms with E-state index < -0.39 is 51.9 Å². The van der Waals surface area contributed by atoms with Crippen LogP contribution >= 0.6 is 11.6 Å². The van der Waals surface area contributed by atoms with Crippen molar-refractivity contribution in [1.82, 2.24) is 10.2 Å². The van der Waals surface area contributed by atoms with Crippen molar-refractivity contribution in [1.29, 1.82) is 0 Å². The molecule has 0 spiro atoms. The minimum Gasteiger partial charge on any atom is -0.355 e. The fraction of sp³-hybridized carbons (Fsp3) is 0.310. The van der Waals surface area contributed by atoms with Gasteiger partial charge < -0.3 is 10.2 Å². The number of rotatable bonds is 11. The van der Waals surface area contributed by atoms with Gasteiger partial charge in [0.2, 0.25) is 21.8 Å². The monoisotopic (exact) mass is 609 g/mol. The highest BCUT2D eigenvalue weighted by Gasteiger charge is 2.35. The Morgan fingerprint density at radius 1 is 0.976 bits per heavy atom. The zero-order valence-corrected chi connectivity index (χ0v) is 24.4. The van der Waals surface area contributed by atoms with E-state index in [1.165, 1.54) is 4.90 Å². The van der Waals surface area contributed by atoms with Crippen molar-refractivity contribution in [3.8, 4) is 0 Å². The van der Waals surface area contributed by atoms with Crippen LogP contribution in [0.15, 0.2) is 72.8 Å². The Kier molecular flexibility index (Phi) is 10.4. The summed E-state index contributed by atoms with van der Waals surface area (Å²) in [5.74, 6) is -1.25. The number of aryl methyl sites for hydroxylation is 1. The largest absolute Gasteiger partial charge is 0.416 e. The average Bonchev–Trinajstić information content (AvgIpc) is 2.89. The molecule has 2 amide bonds. The molecule has 0 radical (unpaired) electrons. The Balaban J connectivity index is 2.10. The van der Waals surface area contributed by atoms with Gasteiger partial charge >= 0.3 is 6.18 Å². The van der Waals surface area contributed by atoms with Crippen LogP contribution in [0, 0.1) is 6.92 Å². The zero-order chi connectivity index (χ0) is 30.4. The fourth-order valence-electron chi connectivity index (χ4n) is 4.33. The molecule has 1 N–H and O–H groups in total. The standard InChI is InChI=1S/C29H31ClF3N3O4S/c1-4-34-28(38)26(16-21-10-6-5-7-11-21)35(18-22-12-8-9-20(2)15-22)27(37)19-36(41(3,39)40)25-17-23(29(31,32)33)13-14-24(25)30/h5-15,17,26H,4,16,18-19H2,1-3H3,(H,34,38). The molecule has 0 fully saturated rings. The quantitative estimate of drug-likeness (QED) is 0.323. The highest BCUT2D eigenvalue weighted by molar-refractivity contribution is 7.92. The molecular weight excluding hydrogens is 579 g/mol. The van der Waals surface area contributed by atoms with Gasteiger partial charge in [0.1, 0.15) is 12.6 Å². The molecule has 0 heterocycles. The molecule has 0 aliphatic rings. The van der Waals surface area contributed by atoms with Gasteiger partial charge in [-0.2, -0.15) is 13.2 Å². The van der Waals surface area contributed by atoms with Gasteiger partial charge in [-0.05, 0) is 43.2 Å². The van der Waals surface area contributed by atoms with Gasteiger partial charge in [0.25, 0.3) is 0 Å². The summed E-state index contributed by atoms with van der Waals surface area (Å²) in [5.41, 5.74) is 0.723. The number of hydrogen-bond acceptors (Lipinski definition) is 4. The number of hydrogen-bond donors (Lipinski definition) is 1. The van der Waals surface area contributed by atoms with E-state index >= 15 is 0 Å². The van der Waals surface area contributed by atoms with Gasteiger partial charge in [-0.25, -0.2) is 8.42 Å². The maximum absolute atomic E-state index is 14.0. The van der Waals surface area contributed by atoms with E-state index in [-0.39, 0.29) is 24.5 Å². The summed E-state index contributed by atoms with van der Waals surface area (Å²) in [6, 6.07) is 17.4. The van der Waals surface area contributed by atoms with Gasteiger partial charge in [-0.3, -0.25) is 13.9 Å². The topological polar surface area (TPSA) is 86.8 Å². The Bertz CT molecular complexity index is 1480. The first kappa shape index (κ1) is 32.0. The summed E-state index contributed by atoms with van der Waals surface area (Å²) in [6.45, 7) is 2.94. The highest BCUT2D eigenvalue weighted by atomic mass is 35.5. The van der Waals surface area contributed by atoms with Crippen LogP contribution in [-0.2, 0) is 38.8 Å². The molecule has 0 aliphatic heterocycles. The normalized spacial score (nSPS) is 12.5. The zero-order valence-electron chi connectivity index (χ0n) is 22.8. The van der Waals surface area contributed by atoms with Crippen molar-refractivity contribution >= 4 is 39.1 Å². The molecule has 0 saturated heterocycles. The number of amides is 2. The average molecular weight is 610 g/mol. The van der Waals surface area contributed by atoms with E-state index in [1.54, 1.807) is 43.3 Å². The van der Waals surface area contributed by atoms with Crippen LogP contribution in [0.4, 0.5) is 18.9 Å². The van der Waals surface area contributed by atoms with Crippen LogP contribution in [0.5, 0.6) is 0 Å². The third kappa shape index (κ3) is 8.71. The Labute approximate surface area is 243 Å². The number of halogens is 4. The van der Waals surface area contributed by atoms with E-state index in [0.29, 0.717) is 15.9 Å². The molecule has 1 unspecified atom stereocenters. The van der Waals surface area contributed by atoms with E-state index in [2.05, 4.69) is 5.32 Å². The maximum Gasteiger partial charge on any atom is 0.416 e. The molecule has 3 rings (SSSR count). The van der Waals surface area contributed by atoms with Crippen LogP contribution in [0.3, 0.4) is 0 Å². The first-order valence-electron chi connectivity index (χ1n) is 12.7. The number of anilines is 1. The molecule has 0 bridgehead atoms. The van der Waals surface area contributed by atoms with E-state index in [4.69, 9.17) is 11.6 Å². The molecule has 3 aromatic carbocycles. The Hall–Kier alpha value is -3.57. The molecule has 7 nitrogen and oxygen atoms in total. The van der Waals surface area contributed by atoms with Crippen molar-refractivity contribution in [2.45, 2.75) is 39.0 Å². The van der Waals surface area contributed by atoms with Gasteiger partial charge in [-0.15, -0.1) is 0 Å². The van der Waals surface area contributed by atoms with E-state index in [1.807, 2.05) is 25.1 Å². The summed E-state index contributed by atoms with van der Waals surface area (Å²) < 4.78 is 66.6. The number of carbonyl (C=O) groups excluding carboxylic acids is 2. The van der Waals surface area contributed by atoms with Crippen LogP contribution < -0.4 is 9.62 Å². The lowest BCUT2D eigenvalue weighted by atomic mass is 10.0. The SMILES string of the molecule is CCNC(=O)C(Cc1ccccc1)N(Cc1cccc(C)c1)C(=O)CN(c1cc(C(F)(F)F)ccc1Cl)S(C)(=O)=O. The van der Waals surface area contributed by atoms with Crippen molar-refractivity contribution in [2.24, 2.45) is 0 Å². The first-order chi connectivity index (χ1) is 19.2. The van der Waals surface area contributed by atoms with E-state index in [9.17, 15) is 31.2 Å². The van der Waals surface area contributed by atoms with Gasteiger partial charge in [0, 0.05) is 19.5 Å². The predicted molar refractivity (Wildman–Crippen MR) is 153 cm³/mol. The third-order valence-electron chi connectivity index (χ3n) is 6.28. The number of carbonyl (C=O) groups is 2. The van der Waals surface area contributed by atoms with E-state index in [0.717, 1.165) is 29.5 Å². The van der Waals surface area contributed by atoms with Gasteiger partial charge in [-0.1, -0.05) is 71.8 Å². The molecule has 220 valence electrons. The van der Waals surface area contributed by atoms with Crippen LogP contribution in [0.2, 0.25) is 5.02 Å². The molecule has 3 aromatic rings. The summed E-state index contributed by atoms with van der Waals surface area (Å²) in [6.07, 6.45) is -3.89. The molecular formula is C29H31ClF3N3O4S. The fourth-order valence-corrected chi connectivity index (χ4v) is 5.45. The van der Waals surface area contributed by atoms with Gasteiger partial charge in [0.05, 0.1) is 22.5 Å². The Morgan fingerprint density at radius 2 is 1.63 bits per heavy atom. The van der Waals surface area contributed by atoms with Gasteiger partial charge in [0.15, 0.2) is 0 Å². The van der Waals surface area contributed by atoms with Crippen molar-refractivity contribution < 1.29 is 31.2 Å². The molecule has 41 heavy (non-hydrogen) atoms. The molecule has 1 atom stereocenters. The maximum atomic E-state index is 14.0. The van der Waals surface area contributed by atoms with Crippen molar-refractivity contribution in [3.05, 3.63) is 100 Å². The van der Waals surface area contributed by atoms with Crippen LogP contribution in [-0.4, -0.2) is 50.5 Å². The minimum atomic E-state index is -4.78. The smallest absolute Gasteiger partial charge is 0.355 e. The lowest BCUT2D eigenvalue weighted by Crippen LogP contribution is -2.53. The molecule has 0 saturated carbocycles. The van der Waals surface area contributed by atoms with Crippen LogP contribution in [0.1, 0.15) is 29.2 Å². The lowest BCUT2D eigenvalue weighted by molar-refractivity contribution is -0.140. The molecule has 12 heteroatoms. The number of nitrogens with one attached hydrogen (secondary N) is 1. The number of alkyl halides is 3. The van der Waals surface area contributed by atoms with Crippen molar-refractivity contribution in [2.75, 3.05) is 23.7 Å². The summed E-state index contributed by atoms with van der Waals surface area (Å²) in [5, 5.41) is 2.45. The second-order valence-corrected chi connectivity index (χ2v) is 11.9. The third-order valence-corrected chi connectivity index (χ3v) is 7.72. The lowest BCUT2D eigenvalue weighted by Gasteiger charge is -2.33. The Morgan fingerprint density at radius 3 is 2.22 bits per heavy atom. The first-order valence-corrected chi connectivity index (χ1v) is 14.9. The number of likely N-dealkylation sites (N-methyl/N-ethyl adjacent to an activating group) is 1. The van der Waals surface area contributed by atoms with Crippen LogP contribution in [0.25, 0.3) is 0 Å². The molecule has 0 aliphatic carbocycles. The summed E-state index contributed by atoms with van der Waals surface area (Å²) in [4.78, 5) is 28.6. The second-order valence-electron chi connectivity index (χ2n) is 9.54. The highest BCUT2D eigenvalue weighted by Crippen LogP contribution is 2.36. The summed E-state index contributed by atoms with van der Waals surface area (Å²) >= 11 is 6.16. The minimum absolute atomic E-state index is 0.0525. The van der Waals surface area contributed by atoms with Crippen molar-refractivity contribution in [3.63, 3.8) is 0 Å². The number of sulfonamides is 1. The number of benzene rings is 3. The summed E-state index contributed by atoms with van der Waals surface area (Å²) in [7, 11) is -4.29. The second kappa shape index (κ2) is 13.4. The predicted octanol–water partition coefficient (Wildman–Crippen LogP) is 5.21. The molecule has 0 aromatic heterocycles.